The van der Waals surface area contributed by atoms with Crippen molar-refractivity contribution >= 4 is 29.6 Å². The van der Waals surface area contributed by atoms with Crippen molar-refractivity contribution in [1.82, 2.24) is 26.4 Å². The quantitative estimate of drug-likeness (QED) is 0.110. The third-order valence-electron chi connectivity index (χ3n) is 15.5. The molecule has 0 saturated carbocycles. The summed E-state index contributed by atoms with van der Waals surface area (Å²) in [7, 11) is 0. The number of nitrogens with one attached hydrogen (secondary N) is 4. The largest absolute Gasteiger partial charge is 0.508 e. The molecular formula is C55H83N5O12. The second-order valence-electron chi connectivity index (χ2n) is 21.4. The minimum atomic E-state index is -1.26. The Kier molecular flexibility index (Phi) is 21.2. The van der Waals surface area contributed by atoms with Crippen molar-refractivity contribution in [3.63, 3.8) is 0 Å². The molecule has 400 valence electrons. The molecule has 4 aliphatic rings. The van der Waals surface area contributed by atoms with Gasteiger partial charge in [0.1, 0.15) is 35.7 Å². The van der Waals surface area contributed by atoms with Gasteiger partial charge in [0.25, 0.3) is 5.91 Å². The number of aromatic hydroxyl groups is 1. The van der Waals surface area contributed by atoms with E-state index in [0.29, 0.717) is 44.1 Å². The van der Waals surface area contributed by atoms with Crippen molar-refractivity contribution in [1.29, 1.82) is 0 Å². The molecule has 16 atom stereocenters. The third kappa shape index (κ3) is 15.1. The van der Waals surface area contributed by atoms with Crippen LogP contribution in [-0.4, -0.2) is 127 Å². The van der Waals surface area contributed by atoms with Crippen LogP contribution in [0.2, 0.25) is 0 Å². The van der Waals surface area contributed by atoms with Gasteiger partial charge in [0, 0.05) is 55.4 Å². The highest BCUT2D eigenvalue weighted by atomic mass is 16.5. The molecule has 1 spiro atoms. The van der Waals surface area contributed by atoms with E-state index in [0.717, 1.165) is 5.57 Å². The summed E-state index contributed by atoms with van der Waals surface area (Å²) in [5.74, 6) is -4.52. The number of phenolic OH excluding ortho intramolecular Hbond substituents is 1. The fourth-order valence-electron chi connectivity index (χ4n) is 10.3. The number of nitrogens with zero attached hydrogens (tertiary/aromatic N) is 1. The van der Waals surface area contributed by atoms with Gasteiger partial charge in [-0.2, -0.15) is 0 Å². The van der Waals surface area contributed by atoms with Crippen LogP contribution in [0.25, 0.3) is 0 Å². The molecule has 1 unspecified atom stereocenters. The maximum Gasteiger partial charge on any atom is 0.325 e. The lowest BCUT2D eigenvalue weighted by atomic mass is 9.69. The Morgan fingerprint density at radius 2 is 1.71 bits per heavy atom. The number of carbonyl (C=O) groups is 5. The number of hydrogen-bond acceptors (Lipinski definition) is 13. The Labute approximate surface area is 425 Å². The molecule has 4 heterocycles. The van der Waals surface area contributed by atoms with Gasteiger partial charge in [0.05, 0.1) is 36.9 Å². The van der Waals surface area contributed by atoms with Crippen LogP contribution in [-0.2, 0) is 39.9 Å². The zero-order chi connectivity index (χ0) is 53.0. The van der Waals surface area contributed by atoms with E-state index in [4.69, 9.17) is 9.47 Å². The Morgan fingerprint density at radius 1 is 0.972 bits per heavy atom. The second kappa shape index (κ2) is 26.3. The number of allylic oxidation sites excluding steroid dienone is 5. The molecule has 2 bridgehead atoms. The number of ether oxygens (including phenoxy) is 2. The Bertz CT molecular complexity index is 2150. The molecule has 3 saturated heterocycles. The molecule has 1 aromatic carbocycles. The average Bonchev–Trinajstić information content (AvgIpc) is 3.33. The van der Waals surface area contributed by atoms with E-state index in [1.54, 1.807) is 51.1 Å². The fraction of sp³-hybridized carbons (Fsp3) is 0.655. The van der Waals surface area contributed by atoms with Crippen LogP contribution in [0.1, 0.15) is 119 Å². The van der Waals surface area contributed by atoms with Crippen LogP contribution < -0.4 is 21.4 Å². The molecule has 0 aliphatic carbocycles. The molecule has 5 rings (SSSR count). The number of hydrogen-bond donors (Lipinski definition) is 9. The highest BCUT2D eigenvalue weighted by Gasteiger charge is 2.57. The van der Waals surface area contributed by atoms with Gasteiger partial charge < -0.3 is 51.0 Å². The second-order valence-corrected chi connectivity index (χ2v) is 21.4. The molecule has 3 fully saturated rings. The highest BCUT2D eigenvalue weighted by molar-refractivity contribution is 5.92. The molecule has 0 aromatic heterocycles. The first-order valence-electron chi connectivity index (χ1n) is 26.1. The maximum absolute atomic E-state index is 14.3. The van der Waals surface area contributed by atoms with Gasteiger partial charge in [-0.05, 0) is 74.1 Å². The lowest BCUT2D eigenvalue weighted by molar-refractivity contribution is -0.266. The number of rotatable bonds is 11. The number of fused-ring (bicyclic) bond motifs is 2. The van der Waals surface area contributed by atoms with Crippen molar-refractivity contribution in [2.45, 2.75) is 181 Å². The van der Waals surface area contributed by atoms with Gasteiger partial charge >= 0.3 is 5.97 Å². The molecule has 0 radical (unpaired) electrons. The number of esters is 1. The molecule has 4 aliphatic heterocycles. The summed E-state index contributed by atoms with van der Waals surface area (Å²) in [6.07, 6.45) is 10.2. The van der Waals surface area contributed by atoms with Gasteiger partial charge in [-0.1, -0.05) is 110 Å². The summed E-state index contributed by atoms with van der Waals surface area (Å²) in [5.41, 5.74) is 3.32. The van der Waals surface area contributed by atoms with Gasteiger partial charge in [-0.3, -0.25) is 29.0 Å². The lowest BCUT2D eigenvalue weighted by Gasteiger charge is -2.56. The predicted molar refractivity (Wildman–Crippen MR) is 272 cm³/mol. The van der Waals surface area contributed by atoms with Crippen LogP contribution >= 0.6 is 0 Å². The molecule has 72 heavy (non-hydrogen) atoms. The highest BCUT2D eigenvalue weighted by Crippen LogP contribution is 2.46. The smallest absolute Gasteiger partial charge is 0.325 e. The summed E-state index contributed by atoms with van der Waals surface area (Å²) in [5, 5.41) is 64.7. The monoisotopic (exact) mass is 1010 g/mol. The summed E-state index contributed by atoms with van der Waals surface area (Å²) < 4.78 is 12.8. The number of piperidine rings is 1. The number of aliphatic hydroxyl groups is 4. The van der Waals surface area contributed by atoms with Gasteiger partial charge in [-0.25, -0.2) is 5.43 Å². The van der Waals surface area contributed by atoms with Gasteiger partial charge in [0.2, 0.25) is 17.7 Å². The minimum absolute atomic E-state index is 0.0153. The molecule has 17 heteroatoms. The van der Waals surface area contributed by atoms with E-state index in [9.17, 15) is 49.5 Å². The zero-order valence-electron chi connectivity index (χ0n) is 43.7. The predicted octanol–water partition coefficient (Wildman–Crippen LogP) is 4.42. The summed E-state index contributed by atoms with van der Waals surface area (Å²) >= 11 is 0. The topological polar surface area (TPSA) is 256 Å². The number of hydrazine groups is 1. The van der Waals surface area contributed by atoms with Crippen LogP contribution in [0.4, 0.5) is 0 Å². The first-order valence-corrected chi connectivity index (χ1v) is 26.1. The number of cyclic esters (lactones) is 1. The Hall–Kier alpha value is -4.91. The molecular weight excluding hydrogens is 923 g/mol. The van der Waals surface area contributed by atoms with Crippen LogP contribution in [0, 0.1) is 41.4 Å². The van der Waals surface area contributed by atoms with E-state index in [1.165, 1.54) is 23.2 Å². The minimum Gasteiger partial charge on any atom is -0.508 e. The van der Waals surface area contributed by atoms with E-state index in [1.807, 2.05) is 59.8 Å². The van der Waals surface area contributed by atoms with E-state index >= 15 is 0 Å². The van der Waals surface area contributed by atoms with Crippen LogP contribution in [0.5, 0.6) is 5.75 Å². The number of aliphatic hydroxyl groups excluding tert-OH is 4. The first kappa shape index (κ1) is 58.0. The van der Waals surface area contributed by atoms with Crippen molar-refractivity contribution in [2.75, 3.05) is 6.54 Å². The SMILES string of the molecule is C/C(=C\C=C\CC[C@H](C)[C@@H](O)C[C@@H]1O[C@@]2(NC(=O)[C@@H](C)C[C@@H]2C)[C@@H](C)[C@@H](O)[C@H]1C)[C@@H]1C/C=C/C=C/[C@@H](O)C(C)[C@@H](O)CC(=O)N[C@@H](C(C)C)C(=O)N[C@@H](Cc2cccc(O)c2)C(=O)N2CCC[C@H](N2)C(=O)O1. The summed E-state index contributed by atoms with van der Waals surface area (Å²) in [4.78, 5) is 68.3. The van der Waals surface area contributed by atoms with E-state index in [-0.39, 0.29) is 67.1 Å². The Balaban J connectivity index is 1.30. The first-order chi connectivity index (χ1) is 34.0. The molecule has 1 aromatic rings. The Morgan fingerprint density at radius 3 is 2.42 bits per heavy atom. The number of carbonyl (C=O) groups excluding carboxylic acids is 5. The van der Waals surface area contributed by atoms with Crippen molar-refractivity contribution < 1.29 is 59.0 Å². The van der Waals surface area contributed by atoms with Gasteiger partial charge in [-0.15, -0.1) is 0 Å². The maximum atomic E-state index is 14.3. The number of benzene rings is 1. The van der Waals surface area contributed by atoms with Gasteiger partial charge in [0.15, 0.2) is 0 Å². The van der Waals surface area contributed by atoms with Crippen molar-refractivity contribution in [3.8, 4) is 5.75 Å². The van der Waals surface area contributed by atoms with Crippen LogP contribution in [0.15, 0.2) is 72.4 Å². The standard InChI is InChI=1S/C55H83N5O12/c1-31(2)49-52(68)56-42(28-39-20-16-21-40(61)27-39)53(69)60-25-17-22-41(59-60)54(70)71-46(24-15-11-14-23-43(62)36(7)45(64)30-48(65)57-49)33(4)19-13-10-12-18-32(3)44(63)29-47-37(8)50(66)38(9)55(72-47)35(6)26-34(5)51(67)58-55/h10-11,13-16,19-21,23,27,31-32,34-38,41-47,49-50,59,61-64,66H,12,17-18,22,24-26,28-30H2,1-9H3,(H,56,68)(H,57,65)(H,58,67)/b13-10+,15-11+,23-14+,33-19+/t32-,34-,35-,36?,37-,38-,41-,42-,43+,44-,45-,46-,47-,49-,50-,55+/m0/s1. The van der Waals surface area contributed by atoms with Crippen molar-refractivity contribution in [2.24, 2.45) is 41.4 Å². The summed E-state index contributed by atoms with van der Waals surface area (Å²) in [6, 6.07) is 3.14. The van der Waals surface area contributed by atoms with Crippen LogP contribution in [0.3, 0.4) is 0 Å². The third-order valence-corrected chi connectivity index (χ3v) is 15.5. The van der Waals surface area contributed by atoms with E-state index < -0.39 is 96.0 Å². The molecule has 9 N–H and O–H groups in total. The van der Waals surface area contributed by atoms with E-state index in [2.05, 4.69) is 21.4 Å². The average molecular weight is 1010 g/mol. The number of phenols is 1. The normalized spacial score (nSPS) is 35.9. The van der Waals surface area contributed by atoms with Crippen molar-refractivity contribution in [3.05, 3.63) is 77.9 Å². The summed E-state index contributed by atoms with van der Waals surface area (Å²) in [6.45, 7) is 16.9. The molecule has 17 nitrogen and oxygen atoms in total. The lowest BCUT2D eigenvalue weighted by Crippen LogP contribution is -2.70. The fourth-order valence-corrected chi connectivity index (χ4v) is 10.3. The zero-order valence-corrected chi connectivity index (χ0v) is 43.7. The number of amides is 4. The molecule has 4 amide bonds.